The summed E-state index contributed by atoms with van der Waals surface area (Å²) < 4.78 is 0. The number of rotatable bonds is 4. The van der Waals surface area contributed by atoms with Gasteiger partial charge >= 0.3 is 0 Å². The highest BCUT2D eigenvalue weighted by Crippen LogP contribution is 2.14. The minimum absolute atomic E-state index is 0.00902. The molecule has 6 heteroatoms. The van der Waals surface area contributed by atoms with Crippen molar-refractivity contribution >= 4 is 17.4 Å². The van der Waals surface area contributed by atoms with Gasteiger partial charge in [0.05, 0.1) is 11.5 Å². The first-order valence-electron chi connectivity index (χ1n) is 5.63. The fourth-order valence-corrected chi connectivity index (χ4v) is 1.90. The maximum absolute atomic E-state index is 11.9. The molecule has 1 aliphatic rings. The van der Waals surface area contributed by atoms with Crippen LogP contribution in [-0.4, -0.2) is 34.6 Å². The lowest BCUT2D eigenvalue weighted by atomic mass is 10.1. The molecule has 1 aliphatic heterocycles. The predicted molar refractivity (Wildman–Crippen MR) is 63.2 cm³/mol. The van der Waals surface area contributed by atoms with Crippen LogP contribution in [0.25, 0.3) is 0 Å². The van der Waals surface area contributed by atoms with E-state index in [9.17, 15) is 19.7 Å². The maximum atomic E-state index is 11.9. The zero-order chi connectivity index (χ0) is 13.1. The number of non-ortho nitro benzene ring substituents is 1. The summed E-state index contributed by atoms with van der Waals surface area (Å²) in [5.41, 5.74) is 0.337. The molecule has 0 aromatic heterocycles. The summed E-state index contributed by atoms with van der Waals surface area (Å²) in [5.74, 6) is -0.203. The van der Waals surface area contributed by atoms with Gasteiger partial charge in [-0.1, -0.05) is 0 Å². The number of carbonyl (C=O) groups excluding carboxylic acids is 2. The first-order valence-corrected chi connectivity index (χ1v) is 5.63. The molecular weight excluding hydrogens is 236 g/mol. The Morgan fingerprint density at radius 2 is 2.00 bits per heavy atom. The Morgan fingerprint density at radius 3 is 2.50 bits per heavy atom. The van der Waals surface area contributed by atoms with Crippen LogP contribution in [0.2, 0.25) is 0 Å². The zero-order valence-electron chi connectivity index (χ0n) is 9.67. The van der Waals surface area contributed by atoms with Crippen LogP contribution in [0.5, 0.6) is 0 Å². The number of nitro benzene ring substituents is 1. The van der Waals surface area contributed by atoms with Gasteiger partial charge in [0, 0.05) is 30.7 Å². The highest BCUT2D eigenvalue weighted by molar-refractivity contribution is 5.99. The van der Waals surface area contributed by atoms with Crippen LogP contribution in [0.1, 0.15) is 23.2 Å². The normalized spacial score (nSPS) is 14.9. The molecule has 1 saturated heterocycles. The van der Waals surface area contributed by atoms with Crippen LogP contribution >= 0.6 is 0 Å². The summed E-state index contributed by atoms with van der Waals surface area (Å²) in [6, 6.07) is 5.42. The van der Waals surface area contributed by atoms with Crippen molar-refractivity contribution in [3.63, 3.8) is 0 Å². The largest absolute Gasteiger partial charge is 0.335 e. The Bertz CT molecular complexity index is 495. The Hall–Kier alpha value is -2.24. The quantitative estimate of drug-likeness (QED) is 0.458. The summed E-state index contributed by atoms with van der Waals surface area (Å²) in [4.78, 5) is 34.7. The van der Waals surface area contributed by atoms with Crippen LogP contribution < -0.4 is 0 Å². The first kappa shape index (κ1) is 12.2. The topological polar surface area (TPSA) is 80.5 Å². The number of nitrogens with zero attached hydrogens (tertiary/aromatic N) is 2. The van der Waals surface area contributed by atoms with E-state index in [1.54, 1.807) is 0 Å². The van der Waals surface area contributed by atoms with Gasteiger partial charge in [-0.2, -0.15) is 0 Å². The lowest BCUT2D eigenvalue weighted by Crippen LogP contribution is -2.30. The van der Waals surface area contributed by atoms with Crippen molar-refractivity contribution in [3.8, 4) is 0 Å². The highest BCUT2D eigenvalue weighted by Gasteiger charge is 2.22. The van der Waals surface area contributed by atoms with E-state index in [4.69, 9.17) is 0 Å². The van der Waals surface area contributed by atoms with Crippen molar-refractivity contribution in [1.82, 2.24) is 4.90 Å². The summed E-state index contributed by atoms with van der Waals surface area (Å²) in [5, 5.41) is 10.5. The molecule has 2 rings (SSSR count). The third-order valence-corrected chi connectivity index (χ3v) is 2.91. The van der Waals surface area contributed by atoms with Crippen molar-refractivity contribution in [2.45, 2.75) is 12.8 Å². The number of hydrogen-bond acceptors (Lipinski definition) is 4. The molecule has 1 aromatic carbocycles. The fraction of sp³-hybridized carbons (Fsp3) is 0.333. The third kappa shape index (κ3) is 2.53. The Labute approximate surface area is 103 Å². The van der Waals surface area contributed by atoms with E-state index in [1.807, 2.05) is 0 Å². The Kier molecular flexibility index (Phi) is 3.36. The van der Waals surface area contributed by atoms with Gasteiger partial charge in [-0.15, -0.1) is 0 Å². The van der Waals surface area contributed by atoms with Crippen molar-refractivity contribution in [1.29, 1.82) is 0 Å². The smallest absolute Gasteiger partial charge is 0.269 e. The van der Waals surface area contributed by atoms with Gasteiger partial charge in [-0.25, -0.2) is 0 Å². The van der Waals surface area contributed by atoms with Crippen molar-refractivity contribution in [2.24, 2.45) is 0 Å². The monoisotopic (exact) mass is 248 g/mol. The number of carbonyl (C=O) groups is 2. The Balaban J connectivity index is 2.04. The number of nitro groups is 1. The molecule has 18 heavy (non-hydrogen) atoms. The second kappa shape index (κ2) is 4.95. The summed E-state index contributed by atoms with van der Waals surface area (Å²) in [6.07, 6.45) is 1.28. The molecule has 0 bridgehead atoms. The number of likely N-dealkylation sites (tertiary alicyclic amines) is 1. The molecule has 0 N–H and O–H groups in total. The number of Topliss-reactive ketones (excluding diaryl/α,β-unsaturated/α-hetero) is 1. The van der Waals surface area contributed by atoms with Gasteiger partial charge in [0.1, 0.15) is 0 Å². The second-order valence-corrected chi connectivity index (χ2v) is 4.15. The van der Waals surface area contributed by atoms with E-state index in [0.29, 0.717) is 18.5 Å². The van der Waals surface area contributed by atoms with Gasteiger partial charge in [0.15, 0.2) is 5.78 Å². The van der Waals surface area contributed by atoms with Crippen LogP contribution in [0.15, 0.2) is 24.3 Å². The van der Waals surface area contributed by atoms with E-state index in [1.165, 1.54) is 29.2 Å². The molecule has 6 nitrogen and oxygen atoms in total. The zero-order valence-corrected chi connectivity index (χ0v) is 9.67. The molecule has 1 amide bonds. The van der Waals surface area contributed by atoms with Gasteiger partial charge in [-0.05, 0) is 18.6 Å². The third-order valence-electron chi connectivity index (χ3n) is 2.91. The SMILES string of the molecule is O=C(CN1CCCC1=O)c1ccc([N+](=O)[O-])cc1. The second-order valence-electron chi connectivity index (χ2n) is 4.15. The van der Waals surface area contributed by atoms with E-state index in [0.717, 1.165) is 6.42 Å². The number of ketones is 1. The first-order chi connectivity index (χ1) is 8.58. The number of benzene rings is 1. The fourth-order valence-electron chi connectivity index (χ4n) is 1.90. The molecule has 0 spiro atoms. The standard InChI is InChI=1S/C12H12N2O4/c15-11(8-13-7-1-2-12(13)16)9-3-5-10(6-4-9)14(17)18/h3-6H,1-2,7-8H2. The molecule has 0 radical (unpaired) electrons. The maximum Gasteiger partial charge on any atom is 0.269 e. The summed E-state index contributed by atoms with van der Waals surface area (Å²) >= 11 is 0. The molecular formula is C12H12N2O4. The lowest BCUT2D eigenvalue weighted by molar-refractivity contribution is -0.384. The summed E-state index contributed by atoms with van der Waals surface area (Å²) in [6.45, 7) is 0.661. The van der Waals surface area contributed by atoms with E-state index in [2.05, 4.69) is 0 Å². The summed E-state index contributed by atoms with van der Waals surface area (Å²) in [7, 11) is 0. The molecule has 0 unspecified atom stereocenters. The minimum atomic E-state index is -0.516. The average molecular weight is 248 g/mol. The van der Waals surface area contributed by atoms with E-state index < -0.39 is 4.92 Å². The molecule has 1 fully saturated rings. The molecule has 0 saturated carbocycles. The Morgan fingerprint density at radius 1 is 1.33 bits per heavy atom. The highest BCUT2D eigenvalue weighted by atomic mass is 16.6. The van der Waals surface area contributed by atoms with Crippen LogP contribution in [0.3, 0.4) is 0 Å². The molecule has 0 aliphatic carbocycles. The van der Waals surface area contributed by atoms with Crippen LogP contribution in [0.4, 0.5) is 5.69 Å². The van der Waals surface area contributed by atoms with Crippen molar-refractivity contribution < 1.29 is 14.5 Å². The lowest BCUT2D eigenvalue weighted by Gasteiger charge is -2.13. The predicted octanol–water partition coefficient (Wildman–Crippen LogP) is 1.40. The van der Waals surface area contributed by atoms with Crippen LogP contribution in [-0.2, 0) is 4.79 Å². The molecule has 1 heterocycles. The van der Waals surface area contributed by atoms with Gasteiger partial charge < -0.3 is 4.90 Å². The van der Waals surface area contributed by atoms with E-state index >= 15 is 0 Å². The molecule has 0 atom stereocenters. The minimum Gasteiger partial charge on any atom is -0.335 e. The van der Waals surface area contributed by atoms with Gasteiger partial charge in [0.2, 0.25) is 5.91 Å². The van der Waals surface area contributed by atoms with Crippen molar-refractivity contribution in [2.75, 3.05) is 13.1 Å². The number of amides is 1. The average Bonchev–Trinajstić information content (AvgIpc) is 2.75. The van der Waals surface area contributed by atoms with Gasteiger partial charge in [-0.3, -0.25) is 19.7 Å². The molecule has 94 valence electrons. The van der Waals surface area contributed by atoms with E-state index in [-0.39, 0.29) is 23.9 Å². The number of hydrogen-bond donors (Lipinski definition) is 0. The van der Waals surface area contributed by atoms with Crippen molar-refractivity contribution in [3.05, 3.63) is 39.9 Å². The molecule has 1 aromatic rings. The van der Waals surface area contributed by atoms with Crippen LogP contribution in [0, 0.1) is 10.1 Å². The van der Waals surface area contributed by atoms with Gasteiger partial charge in [0.25, 0.3) is 5.69 Å².